The highest BCUT2D eigenvalue weighted by Crippen LogP contribution is 2.17. The maximum Gasteiger partial charge on any atom is 0.306 e. The number of rotatable bonds is 49. The zero-order valence-corrected chi connectivity index (χ0v) is 42.0. The summed E-state index contributed by atoms with van der Waals surface area (Å²) in [6.07, 6.45) is 75.6. The molecule has 0 radical (unpaired) electrons. The van der Waals surface area contributed by atoms with Crippen LogP contribution in [0.2, 0.25) is 0 Å². The quantitative estimate of drug-likeness (QED) is 0.0374. The number of aliphatic hydroxyl groups is 1. The van der Waals surface area contributed by atoms with E-state index in [9.17, 15) is 14.7 Å². The molecule has 1 atom stereocenters. The van der Waals surface area contributed by atoms with E-state index in [1.165, 1.54) is 154 Å². The van der Waals surface area contributed by atoms with Crippen LogP contribution in [-0.4, -0.2) is 36.4 Å². The number of ether oxygens (including phenoxy) is 2. The highest BCUT2D eigenvalue weighted by molar-refractivity contribution is 5.70. The lowest BCUT2D eigenvalue weighted by atomic mass is 10.0. The SMILES string of the molecule is CC/C=C\C/C=C\C/C=C\C/C=C\C/C=C\C/C=C\C/C=C\CCCC(=O)OC(CO)COC(=O)CCCCCCCCCCCCCCCCCCCCCCCCCCCCC. The molecule has 0 spiro atoms. The molecule has 64 heavy (non-hydrogen) atoms. The minimum Gasteiger partial charge on any atom is -0.462 e. The van der Waals surface area contributed by atoms with Gasteiger partial charge in [0.2, 0.25) is 0 Å². The minimum absolute atomic E-state index is 0.0908. The van der Waals surface area contributed by atoms with Crippen molar-refractivity contribution in [3.63, 3.8) is 0 Å². The number of esters is 2. The Kier molecular flexibility index (Phi) is 51.9. The third-order valence-electron chi connectivity index (χ3n) is 11.7. The summed E-state index contributed by atoms with van der Waals surface area (Å²) in [4.78, 5) is 24.5. The van der Waals surface area contributed by atoms with Gasteiger partial charge < -0.3 is 14.6 Å². The Hall–Kier alpha value is -2.92. The van der Waals surface area contributed by atoms with Crippen LogP contribution < -0.4 is 0 Å². The summed E-state index contributed by atoms with van der Waals surface area (Å²) in [6.45, 7) is 4.00. The van der Waals surface area contributed by atoms with E-state index in [2.05, 4.69) is 98.9 Å². The summed E-state index contributed by atoms with van der Waals surface area (Å²) >= 11 is 0. The molecule has 5 heteroatoms. The first-order valence-corrected chi connectivity index (χ1v) is 27.1. The maximum absolute atomic E-state index is 12.3. The number of hydrogen-bond donors (Lipinski definition) is 1. The summed E-state index contributed by atoms with van der Waals surface area (Å²) in [5.74, 6) is -0.655. The highest BCUT2D eigenvalue weighted by atomic mass is 16.6. The van der Waals surface area contributed by atoms with Gasteiger partial charge in [-0.05, 0) is 64.2 Å². The van der Waals surface area contributed by atoms with Gasteiger partial charge in [0.15, 0.2) is 6.10 Å². The third kappa shape index (κ3) is 51.7. The van der Waals surface area contributed by atoms with E-state index in [1.807, 2.05) is 0 Å². The second kappa shape index (κ2) is 54.4. The molecular weight excluding hydrogens is 789 g/mol. The lowest BCUT2D eigenvalue weighted by molar-refractivity contribution is -0.161. The van der Waals surface area contributed by atoms with E-state index in [0.717, 1.165) is 70.6 Å². The maximum atomic E-state index is 12.3. The van der Waals surface area contributed by atoms with Gasteiger partial charge in [-0.3, -0.25) is 9.59 Å². The first kappa shape index (κ1) is 61.1. The summed E-state index contributed by atoms with van der Waals surface area (Å²) < 4.78 is 10.6. The van der Waals surface area contributed by atoms with Gasteiger partial charge in [-0.15, -0.1) is 0 Å². The van der Waals surface area contributed by atoms with Crippen molar-refractivity contribution < 1.29 is 24.2 Å². The molecule has 0 aliphatic carbocycles. The van der Waals surface area contributed by atoms with Crippen LogP contribution in [0.5, 0.6) is 0 Å². The van der Waals surface area contributed by atoms with Gasteiger partial charge in [-0.25, -0.2) is 0 Å². The molecule has 5 nitrogen and oxygen atoms in total. The van der Waals surface area contributed by atoms with Gasteiger partial charge in [-0.1, -0.05) is 266 Å². The third-order valence-corrected chi connectivity index (χ3v) is 11.7. The lowest BCUT2D eigenvalue weighted by Gasteiger charge is -2.15. The van der Waals surface area contributed by atoms with Crippen LogP contribution in [0.4, 0.5) is 0 Å². The van der Waals surface area contributed by atoms with Crippen LogP contribution in [0.25, 0.3) is 0 Å². The molecule has 0 aliphatic heterocycles. The van der Waals surface area contributed by atoms with Crippen LogP contribution in [0.1, 0.15) is 258 Å². The number of carbonyl (C=O) groups is 2. The van der Waals surface area contributed by atoms with Crippen LogP contribution >= 0.6 is 0 Å². The van der Waals surface area contributed by atoms with Crippen LogP contribution in [-0.2, 0) is 19.1 Å². The fourth-order valence-corrected chi connectivity index (χ4v) is 7.66. The molecule has 0 bridgehead atoms. The summed E-state index contributed by atoms with van der Waals surface area (Å²) in [7, 11) is 0. The number of carbonyl (C=O) groups excluding carboxylic acids is 2. The molecule has 0 rings (SSSR count). The highest BCUT2D eigenvalue weighted by Gasteiger charge is 2.16. The Bertz CT molecular complexity index is 1190. The molecule has 0 fully saturated rings. The van der Waals surface area contributed by atoms with E-state index < -0.39 is 6.10 Å². The van der Waals surface area contributed by atoms with E-state index >= 15 is 0 Å². The molecule has 0 saturated heterocycles. The van der Waals surface area contributed by atoms with Crippen molar-refractivity contribution in [2.24, 2.45) is 0 Å². The van der Waals surface area contributed by atoms with E-state index in [0.29, 0.717) is 12.8 Å². The van der Waals surface area contributed by atoms with Crippen molar-refractivity contribution in [3.05, 3.63) is 85.1 Å². The Labute approximate surface area is 396 Å². The predicted octanol–water partition coefficient (Wildman–Crippen LogP) is 18.2. The normalized spacial score (nSPS) is 12.9. The monoisotopic (exact) mass is 891 g/mol. The van der Waals surface area contributed by atoms with Crippen molar-refractivity contribution in [1.82, 2.24) is 0 Å². The number of unbranched alkanes of at least 4 members (excludes halogenated alkanes) is 27. The second-order valence-corrected chi connectivity index (χ2v) is 17.9. The van der Waals surface area contributed by atoms with Gasteiger partial charge in [0.05, 0.1) is 6.61 Å². The number of allylic oxidation sites excluding steroid dienone is 14. The van der Waals surface area contributed by atoms with Crippen molar-refractivity contribution >= 4 is 11.9 Å². The van der Waals surface area contributed by atoms with E-state index in [1.54, 1.807) is 0 Å². The van der Waals surface area contributed by atoms with Crippen LogP contribution in [0.15, 0.2) is 85.1 Å². The van der Waals surface area contributed by atoms with Crippen LogP contribution in [0, 0.1) is 0 Å². The molecule has 0 aromatic heterocycles. The first-order chi connectivity index (χ1) is 31.6. The molecule has 1 unspecified atom stereocenters. The van der Waals surface area contributed by atoms with Gasteiger partial charge in [0.1, 0.15) is 6.61 Å². The van der Waals surface area contributed by atoms with E-state index in [4.69, 9.17) is 9.47 Å². The van der Waals surface area contributed by atoms with E-state index in [-0.39, 0.29) is 31.6 Å². The molecule has 368 valence electrons. The Balaban J connectivity index is 3.56. The largest absolute Gasteiger partial charge is 0.462 e. The van der Waals surface area contributed by atoms with Crippen LogP contribution in [0.3, 0.4) is 0 Å². The Morgan fingerprint density at radius 2 is 0.672 bits per heavy atom. The van der Waals surface area contributed by atoms with Gasteiger partial charge in [-0.2, -0.15) is 0 Å². The van der Waals surface area contributed by atoms with Crippen molar-refractivity contribution in [2.45, 2.75) is 264 Å². The summed E-state index contributed by atoms with van der Waals surface area (Å²) in [5, 5.41) is 9.63. The Morgan fingerprint density at radius 3 is 1.00 bits per heavy atom. The number of aliphatic hydroxyl groups excluding tert-OH is 1. The molecule has 0 aromatic rings. The standard InChI is InChI=1S/C59H102O5/c1-3-5-7-9-11-13-15-17-19-21-23-25-27-28-29-30-32-33-35-37-39-41-43-45-47-49-51-53-58(61)63-56-57(55-60)64-59(62)54-52-50-48-46-44-42-40-38-36-34-31-26-24-22-20-18-16-14-12-10-8-6-4-2/h6,8,12,14,18,20,24,26,34,36,40,42,46,48,57,60H,3-5,7,9-11,13,15-17,19,21-23,25,27-33,35,37-39,41,43-45,47,49-56H2,1-2H3/b8-6-,14-12-,20-18-,26-24-,36-34-,42-40-,48-46-. The second-order valence-electron chi connectivity index (χ2n) is 17.9. The fourth-order valence-electron chi connectivity index (χ4n) is 7.66. The molecule has 0 aromatic carbocycles. The van der Waals surface area contributed by atoms with Crippen molar-refractivity contribution in [2.75, 3.05) is 13.2 Å². The Morgan fingerprint density at radius 1 is 0.375 bits per heavy atom. The average molecular weight is 891 g/mol. The topological polar surface area (TPSA) is 72.8 Å². The minimum atomic E-state index is -0.807. The van der Waals surface area contributed by atoms with Crippen molar-refractivity contribution in [3.8, 4) is 0 Å². The molecule has 0 aliphatic rings. The zero-order valence-electron chi connectivity index (χ0n) is 42.0. The van der Waals surface area contributed by atoms with Crippen molar-refractivity contribution in [1.29, 1.82) is 0 Å². The lowest BCUT2D eigenvalue weighted by Crippen LogP contribution is -2.28. The van der Waals surface area contributed by atoms with Gasteiger partial charge in [0.25, 0.3) is 0 Å². The fraction of sp³-hybridized carbons (Fsp3) is 0.729. The first-order valence-electron chi connectivity index (χ1n) is 27.1. The molecular formula is C59H102O5. The molecule has 0 amide bonds. The van der Waals surface area contributed by atoms with Gasteiger partial charge >= 0.3 is 11.9 Å². The van der Waals surface area contributed by atoms with Gasteiger partial charge in [0, 0.05) is 12.8 Å². The average Bonchev–Trinajstić information content (AvgIpc) is 3.30. The molecule has 1 N–H and O–H groups in total. The smallest absolute Gasteiger partial charge is 0.306 e. The zero-order chi connectivity index (χ0) is 46.3. The molecule has 0 heterocycles. The summed E-state index contributed by atoms with van der Waals surface area (Å²) in [6, 6.07) is 0. The summed E-state index contributed by atoms with van der Waals surface area (Å²) in [5.41, 5.74) is 0. The predicted molar refractivity (Wildman–Crippen MR) is 279 cm³/mol. The number of hydrogen-bond acceptors (Lipinski definition) is 5. The molecule has 0 saturated carbocycles.